The van der Waals surface area contributed by atoms with Gasteiger partial charge in [-0.05, 0) is 35.9 Å². The molecule has 17 heavy (non-hydrogen) atoms. The molecule has 0 aliphatic rings. The Bertz CT molecular complexity index is 514. The molecule has 2 rings (SSSR count). The van der Waals surface area contributed by atoms with Crippen molar-refractivity contribution < 1.29 is 9.90 Å². The summed E-state index contributed by atoms with van der Waals surface area (Å²) in [5.41, 5.74) is 1.50. The Labute approximate surface area is 104 Å². The molecule has 0 atom stereocenters. The summed E-state index contributed by atoms with van der Waals surface area (Å²) in [6.45, 7) is 0. The summed E-state index contributed by atoms with van der Waals surface area (Å²) in [5.74, 6) is -0.0812. The van der Waals surface area contributed by atoms with E-state index in [9.17, 15) is 4.79 Å². The number of carboxylic acids is 1. The van der Waals surface area contributed by atoms with Crippen molar-refractivity contribution in [1.29, 1.82) is 0 Å². The van der Waals surface area contributed by atoms with Gasteiger partial charge in [-0.3, -0.25) is 4.98 Å². The van der Waals surface area contributed by atoms with E-state index in [0.29, 0.717) is 5.56 Å². The molecule has 0 bridgehead atoms. The molecule has 0 spiro atoms. The van der Waals surface area contributed by atoms with Crippen molar-refractivity contribution in [3.05, 3.63) is 59.9 Å². The molecule has 2 aromatic rings. The van der Waals surface area contributed by atoms with Gasteiger partial charge in [-0.1, -0.05) is 6.07 Å². The number of thioether (sulfide) groups is 1. The molecule has 0 aliphatic heterocycles. The van der Waals surface area contributed by atoms with Crippen LogP contribution in [0, 0.1) is 0 Å². The maximum atomic E-state index is 10.8. The molecule has 4 heteroatoms. The fraction of sp³-hybridized carbons (Fsp3) is 0.0769. The number of carboxylic acid groups (broad SMARTS) is 1. The van der Waals surface area contributed by atoms with Crippen molar-refractivity contribution in [3.63, 3.8) is 0 Å². The Morgan fingerprint density at radius 2 is 2.00 bits per heavy atom. The second kappa shape index (κ2) is 5.50. The van der Waals surface area contributed by atoms with Gasteiger partial charge in [0.2, 0.25) is 0 Å². The van der Waals surface area contributed by atoms with E-state index in [-0.39, 0.29) is 0 Å². The third-order valence-electron chi connectivity index (χ3n) is 2.24. The molecule has 0 aliphatic carbocycles. The minimum Gasteiger partial charge on any atom is -0.478 e. The van der Waals surface area contributed by atoms with Gasteiger partial charge < -0.3 is 5.11 Å². The lowest BCUT2D eigenvalue weighted by Crippen LogP contribution is -1.95. The van der Waals surface area contributed by atoms with Gasteiger partial charge in [-0.2, -0.15) is 0 Å². The lowest BCUT2D eigenvalue weighted by Gasteiger charge is -2.02. The number of hydrogen-bond donors (Lipinski definition) is 1. The molecule has 0 unspecified atom stereocenters. The summed E-state index contributed by atoms with van der Waals surface area (Å²) in [5, 5.41) is 8.88. The van der Waals surface area contributed by atoms with Gasteiger partial charge in [0.1, 0.15) is 0 Å². The van der Waals surface area contributed by atoms with E-state index in [1.807, 2.05) is 18.2 Å². The van der Waals surface area contributed by atoms with Gasteiger partial charge in [-0.15, -0.1) is 11.8 Å². The number of pyridine rings is 1. The van der Waals surface area contributed by atoms with E-state index >= 15 is 0 Å². The van der Waals surface area contributed by atoms with E-state index in [1.54, 1.807) is 42.4 Å². The number of aromatic nitrogens is 1. The van der Waals surface area contributed by atoms with Gasteiger partial charge in [0, 0.05) is 23.0 Å². The van der Waals surface area contributed by atoms with E-state index in [1.165, 1.54) is 5.56 Å². The monoisotopic (exact) mass is 245 g/mol. The molecule has 1 aromatic carbocycles. The molecule has 0 saturated heterocycles. The molecule has 86 valence electrons. The van der Waals surface area contributed by atoms with Gasteiger partial charge in [0.15, 0.2) is 0 Å². The quantitative estimate of drug-likeness (QED) is 0.841. The number of nitrogens with zero attached hydrogens (tertiary/aromatic N) is 1. The van der Waals surface area contributed by atoms with Crippen LogP contribution in [0.1, 0.15) is 15.9 Å². The van der Waals surface area contributed by atoms with Crippen LogP contribution in [0.5, 0.6) is 0 Å². The van der Waals surface area contributed by atoms with Gasteiger partial charge in [-0.25, -0.2) is 4.79 Å². The third-order valence-corrected chi connectivity index (χ3v) is 3.30. The number of carbonyl (C=O) groups is 1. The second-order valence-electron chi connectivity index (χ2n) is 3.48. The van der Waals surface area contributed by atoms with Gasteiger partial charge in [0.05, 0.1) is 5.56 Å². The van der Waals surface area contributed by atoms with E-state index in [4.69, 9.17) is 5.11 Å². The molecule has 3 nitrogen and oxygen atoms in total. The summed E-state index contributed by atoms with van der Waals surface area (Å²) in [4.78, 5) is 15.7. The number of benzene rings is 1. The summed E-state index contributed by atoms with van der Waals surface area (Å²) in [6.07, 6.45) is 3.51. The average molecular weight is 245 g/mol. The molecular weight excluding hydrogens is 234 g/mol. The highest BCUT2D eigenvalue weighted by Crippen LogP contribution is 2.23. The summed E-state index contributed by atoms with van der Waals surface area (Å²) < 4.78 is 0. The van der Waals surface area contributed by atoms with Crippen LogP contribution in [0.15, 0.2) is 53.7 Å². The van der Waals surface area contributed by atoms with Gasteiger partial charge >= 0.3 is 5.97 Å². The average Bonchev–Trinajstić information content (AvgIpc) is 2.38. The fourth-order valence-corrected chi connectivity index (χ4v) is 2.28. The highest BCUT2D eigenvalue weighted by molar-refractivity contribution is 7.98. The van der Waals surface area contributed by atoms with Crippen molar-refractivity contribution in [2.45, 2.75) is 10.6 Å². The van der Waals surface area contributed by atoms with Crippen LogP contribution in [-0.2, 0) is 5.75 Å². The van der Waals surface area contributed by atoms with Crippen molar-refractivity contribution in [2.24, 2.45) is 0 Å². The molecule has 1 heterocycles. The standard InChI is InChI=1S/C13H11NO2S/c15-13(16)11-2-1-3-12(8-11)17-9-10-4-6-14-7-5-10/h1-8H,9H2,(H,15,16). The van der Waals surface area contributed by atoms with Crippen LogP contribution >= 0.6 is 11.8 Å². The zero-order valence-electron chi connectivity index (χ0n) is 9.04. The SMILES string of the molecule is O=C(O)c1cccc(SCc2ccncc2)c1. The summed E-state index contributed by atoms with van der Waals surface area (Å²) in [6, 6.07) is 10.9. The molecule has 0 amide bonds. The molecular formula is C13H11NO2S. The number of rotatable bonds is 4. The van der Waals surface area contributed by atoms with E-state index < -0.39 is 5.97 Å². The normalized spacial score (nSPS) is 10.1. The lowest BCUT2D eigenvalue weighted by molar-refractivity contribution is 0.0696. The van der Waals surface area contributed by atoms with Crippen LogP contribution in [0.25, 0.3) is 0 Å². The Morgan fingerprint density at radius 1 is 1.24 bits per heavy atom. The first-order valence-corrected chi connectivity index (χ1v) is 6.09. The smallest absolute Gasteiger partial charge is 0.335 e. The lowest BCUT2D eigenvalue weighted by atomic mass is 10.2. The first-order valence-electron chi connectivity index (χ1n) is 5.11. The maximum Gasteiger partial charge on any atom is 0.335 e. The van der Waals surface area contributed by atoms with E-state index in [0.717, 1.165) is 10.6 Å². The Hall–Kier alpha value is -1.81. The predicted molar refractivity (Wildman–Crippen MR) is 67.2 cm³/mol. The highest BCUT2D eigenvalue weighted by Gasteiger charge is 2.03. The summed E-state index contributed by atoms with van der Waals surface area (Å²) >= 11 is 1.61. The van der Waals surface area contributed by atoms with Crippen molar-refractivity contribution >= 4 is 17.7 Å². The largest absolute Gasteiger partial charge is 0.478 e. The highest BCUT2D eigenvalue weighted by atomic mass is 32.2. The topological polar surface area (TPSA) is 50.2 Å². The van der Waals surface area contributed by atoms with Crippen LogP contribution < -0.4 is 0 Å². The maximum absolute atomic E-state index is 10.8. The van der Waals surface area contributed by atoms with E-state index in [2.05, 4.69) is 4.98 Å². The molecule has 0 radical (unpaired) electrons. The predicted octanol–water partition coefficient (Wildman–Crippen LogP) is 3.07. The Kier molecular flexibility index (Phi) is 3.77. The minimum absolute atomic E-state index is 0.324. The second-order valence-corrected chi connectivity index (χ2v) is 4.53. The molecule has 1 N–H and O–H groups in total. The van der Waals surface area contributed by atoms with Crippen LogP contribution in [0.3, 0.4) is 0 Å². The Morgan fingerprint density at radius 3 is 2.71 bits per heavy atom. The zero-order valence-corrected chi connectivity index (χ0v) is 9.85. The van der Waals surface area contributed by atoms with Crippen molar-refractivity contribution in [2.75, 3.05) is 0 Å². The number of aromatic carboxylic acids is 1. The first kappa shape index (κ1) is 11.7. The Balaban J connectivity index is 2.04. The first-order chi connectivity index (χ1) is 8.25. The molecule has 1 aromatic heterocycles. The van der Waals surface area contributed by atoms with Crippen LogP contribution in [0.4, 0.5) is 0 Å². The zero-order chi connectivity index (χ0) is 12.1. The van der Waals surface area contributed by atoms with Gasteiger partial charge in [0.25, 0.3) is 0 Å². The number of hydrogen-bond acceptors (Lipinski definition) is 3. The molecule has 0 fully saturated rings. The third kappa shape index (κ3) is 3.32. The van der Waals surface area contributed by atoms with Crippen molar-refractivity contribution in [3.8, 4) is 0 Å². The molecule has 0 saturated carbocycles. The van der Waals surface area contributed by atoms with Crippen LogP contribution in [0.2, 0.25) is 0 Å². The minimum atomic E-state index is -0.892. The van der Waals surface area contributed by atoms with Crippen molar-refractivity contribution in [1.82, 2.24) is 4.98 Å². The van der Waals surface area contributed by atoms with Crippen LogP contribution in [-0.4, -0.2) is 16.1 Å². The fourth-order valence-electron chi connectivity index (χ4n) is 1.36. The summed E-state index contributed by atoms with van der Waals surface area (Å²) in [7, 11) is 0.